The van der Waals surface area contributed by atoms with Gasteiger partial charge in [-0.1, -0.05) is 69.3 Å². The molecule has 4 rings (SSSR count). The van der Waals surface area contributed by atoms with Gasteiger partial charge in [-0.2, -0.15) is 0 Å². The third kappa shape index (κ3) is 1.35. The van der Waals surface area contributed by atoms with Crippen molar-refractivity contribution in [3.8, 4) is 5.75 Å². The van der Waals surface area contributed by atoms with Crippen molar-refractivity contribution in [2.45, 2.75) is 32.0 Å². The van der Waals surface area contributed by atoms with Crippen molar-refractivity contribution in [2.24, 2.45) is 17.8 Å². The van der Waals surface area contributed by atoms with E-state index in [1.165, 1.54) is 0 Å². The Balaban J connectivity index is 2.04. The summed E-state index contributed by atoms with van der Waals surface area (Å²) >= 11 is 0. The Kier molecular flexibility index (Phi) is 2.74. The topological polar surface area (TPSA) is 29.5 Å². The maximum absolute atomic E-state index is 11.9. The molecule has 1 aliphatic heterocycles. The van der Waals surface area contributed by atoms with Crippen LogP contribution in [-0.2, 0) is 11.2 Å². The standard InChI is InChI=1S/C20H22O2/c1-13-14(2)19(21)17-11-7-8-12-18(17)22-20(19,15(13)3)16-9-5-4-6-10-16/h4-15,21H,1-3H3. The summed E-state index contributed by atoms with van der Waals surface area (Å²) in [6, 6.07) is 18.2. The van der Waals surface area contributed by atoms with Crippen LogP contribution in [0.15, 0.2) is 54.6 Å². The molecule has 114 valence electrons. The first-order valence-corrected chi connectivity index (χ1v) is 8.10. The summed E-state index contributed by atoms with van der Waals surface area (Å²) in [7, 11) is 0. The summed E-state index contributed by atoms with van der Waals surface area (Å²) < 4.78 is 6.51. The Bertz CT molecular complexity index is 711. The van der Waals surface area contributed by atoms with Crippen LogP contribution in [0.25, 0.3) is 0 Å². The Morgan fingerprint density at radius 2 is 1.50 bits per heavy atom. The molecule has 5 unspecified atom stereocenters. The zero-order valence-corrected chi connectivity index (χ0v) is 13.3. The molecule has 2 aromatic rings. The molecule has 0 amide bonds. The van der Waals surface area contributed by atoms with Gasteiger partial charge in [0.1, 0.15) is 11.4 Å². The van der Waals surface area contributed by atoms with Gasteiger partial charge in [0.2, 0.25) is 0 Å². The van der Waals surface area contributed by atoms with Gasteiger partial charge in [0, 0.05) is 11.5 Å². The van der Waals surface area contributed by atoms with Crippen molar-refractivity contribution >= 4 is 0 Å². The van der Waals surface area contributed by atoms with E-state index in [-0.39, 0.29) is 11.8 Å². The van der Waals surface area contributed by atoms with E-state index in [2.05, 4.69) is 32.9 Å². The van der Waals surface area contributed by atoms with Gasteiger partial charge in [0.05, 0.1) is 0 Å². The highest BCUT2D eigenvalue weighted by Crippen LogP contribution is 2.67. The number of benzene rings is 2. The molecule has 0 saturated heterocycles. The molecule has 2 heteroatoms. The zero-order valence-electron chi connectivity index (χ0n) is 13.3. The fourth-order valence-electron chi connectivity index (χ4n) is 4.76. The monoisotopic (exact) mass is 294 g/mol. The summed E-state index contributed by atoms with van der Waals surface area (Å²) in [6.07, 6.45) is 0. The number of hydrogen-bond donors (Lipinski definition) is 1. The van der Waals surface area contributed by atoms with E-state index < -0.39 is 11.2 Å². The number of rotatable bonds is 1. The maximum Gasteiger partial charge on any atom is 0.170 e. The predicted octanol–water partition coefficient (Wildman–Crippen LogP) is 4.08. The van der Waals surface area contributed by atoms with Gasteiger partial charge < -0.3 is 9.84 Å². The lowest BCUT2D eigenvalue weighted by atomic mass is 9.72. The van der Waals surface area contributed by atoms with Crippen molar-refractivity contribution in [1.29, 1.82) is 0 Å². The van der Waals surface area contributed by atoms with Crippen molar-refractivity contribution in [1.82, 2.24) is 0 Å². The highest BCUT2D eigenvalue weighted by Gasteiger charge is 2.71. The first-order chi connectivity index (χ1) is 10.5. The smallest absolute Gasteiger partial charge is 0.170 e. The minimum atomic E-state index is -0.982. The van der Waals surface area contributed by atoms with E-state index in [0.717, 1.165) is 16.9 Å². The highest BCUT2D eigenvalue weighted by molar-refractivity contribution is 5.51. The third-order valence-electron chi connectivity index (χ3n) is 6.22. The van der Waals surface area contributed by atoms with Gasteiger partial charge in [0.25, 0.3) is 0 Å². The second-order valence-electron chi connectivity index (χ2n) is 6.90. The van der Waals surface area contributed by atoms with Crippen LogP contribution >= 0.6 is 0 Å². The van der Waals surface area contributed by atoms with Crippen molar-refractivity contribution < 1.29 is 9.84 Å². The molecular weight excluding hydrogens is 272 g/mol. The van der Waals surface area contributed by atoms with Crippen LogP contribution in [0.5, 0.6) is 5.75 Å². The molecule has 1 heterocycles. The summed E-state index contributed by atoms with van der Waals surface area (Å²) in [5.74, 6) is 1.55. The van der Waals surface area contributed by atoms with Gasteiger partial charge in [-0.05, 0) is 23.5 Å². The number of hydrogen-bond acceptors (Lipinski definition) is 2. The van der Waals surface area contributed by atoms with Crippen molar-refractivity contribution in [2.75, 3.05) is 0 Å². The number of para-hydroxylation sites is 1. The minimum Gasteiger partial charge on any atom is -0.478 e. The molecule has 0 spiro atoms. The molecule has 0 radical (unpaired) electrons. The molecule has 1 aliphatic carbocycles. The number of ether oxygens (including phenoxy) is 1. The van der Waals surface area contributed by atoms with E-state index in [9.17, 15) is 5.11 Å². The van der Waals surface area contributed by atoms with Gasteiger partial charge >= 0.3 is 0 Å². The molecule has 5 atom stereocenters. The summed E-state index contributed by atoms with van der Waals surface area (Å²) in [6.45, 7) is 6.58. The molecule has 2 aromatic carbocycles. The van der Waals surface area contributed by atoms with E-state index in [1.54, 1.807) is 0 Å². The Hall–Kier alpha value is -1.80. The fourth-order valence-corrected chi connectivity index (χ4v) is 4.76. The van der Waals surface area contributed by atoms with Gasteiger partial charge in [-0.25, -0.2) is 0 Å². The van der Waals surface area contributed by atoms with Gasteiger partial charge in [0.15, 0.2) is 5.60 Å². The SMILES string of the molecule is CC1C(C)C2(O)c3ccccc3OC2(c2ccccc2)C1C. The Morgan fingerprint density at radius 3 is 2.23 bits per heavy atom. The zero-order chi connectivity index (χ0) is 15.5. The normalized spacial score (nSPS) is 39.2. The van der Waals surface area contributed by atoms with Crippen LogP contribution in [0.1, 0.15) is 31.9 Å². The van der Waals surface area contributed by atoms with Crippen LogP contribution in [0.2, 0.25) is 0 Å². The molecule has 1 N–H and O–H groups in total. The molecule has 22 heavy (non-hydrogen) atoms. The Morgan fingerprint density at radius 1 is 0.864 bits per heavy atom. The van der Waals surface area contributed by atoms with E-state index in [1.807, 2.05) is 42.5 Å². The highest BCUT2D eigenvalue weighted by atomic mass is 16.5. The predicted molar refractivity (Wildman–Crippen MR) is 86.6 cm³/mol. The summed E-state index contributed by atoms with van der Waals surface area (Å²) in [4.78, 5) is 0. The largest absolute Gasteiger partial charge is 0.478 e. The molecule has 1 saturated carbocycles. The lowest BCUT2D eigenvalue weighted by Gasteiger charge is -2.40. The third-order valence-corrected chi connectivity index (χ3v) is 6.22. The number of fused-ring (bicyclic) bond motifs is 3. The first kappa shape index (κ1) is 13.8. The second-order valence-corrected chi connectivity index (χ2v) is 6.90. The molecule has 2 nitrogen and oxygen atoms in total. The van der Waals surface area contributed by atoms with E-state index >= 15 is 0 Å². The molecule has 1 fully saturated rings. The van der Waals surface area contributed by atoms with Gasteiger partial charge in [-0.3, -0.25) is 0 Å². The van der Waals surface area contributed by atoms with Crippen molar-refractivity contribution in [3.63, 3.8) is 0 Å². The van der Waals surface area contributed by atoms with Crippen LogP contribution < -0.4 is 4.74 Å². The quantitative estimate of drug-likeness (QED) is 0.858. The molecule has 2 aliphatic rings. The fraction of sp³-hybridized carbons (Fsp3) is 0.400. The lowest BCUT2D eigenvalue weighted by molar-refractivity contribution is -0.132. The summed E-state index contributed by atoms with van der Waals surface area (Å²) in [5.41, 5.74) is 0.320. The molecular formula is C20H22O2. The maximum atomic E-state index is 11.9. The molecule has 0 aromatic heterocycles. The van der Waals surface area contributed by atoms with Crippen molar-refractivity contribution in [3.05, 3.63) is 65.7 Å². The average Bonchev–Trinajstić information content (AvgIpc) is 2.91. The van der Waals surface area contributed by atoms with E-state index in [0.29, 0.717) is 5.92 Å². The summed E-state index contributed by atoms with van der Waals surface area (Å²) in [5, 5.41) is 11.9. The first-order valence-electron chi connectivity index (χ1n) is 8.10. The van der Waals surface area contributed by atoms with E-state index in [4.69, 9.17) is 4.74 Å². The van der Waals surface area contributed by atoms with Crippen LogP contribution in [0.3, 0.4) is 0 Å². The van der Waals surface area contributed by atoms with Gasteiger partial charge in [-0.15, -0.1) is 0 Å². The van der Waals surface area contributed by atoms with Crippen LogP contribution in [-0.4, -0.2) is 5.11 Å². The average molecular weight is 294 g/mol. The van der Waals surface area contributed by atoms with Crippen LogP contribution in [0, 0.1) is 17.8 Å². The number of aliphatic hydroxyl groups is 1. The second kappa shape index (κ2) is 4.36. The van der Waals surface area contributed by atoms with Crippen LogP contribution in [0.4, 0.5) is 0 Å². The molecule has 0 bridgehead atoms. The minimum absolute atomic E-state index is 0.131. The Labute approximate surface area is 131 Å². The lowest BCUT2D eigenvalue weighted by Crippen LogP contribution is -2.50.